The van der Waals surface area contributed by atoms with E-state index >= 15 is 0 Å². The van der Waals surface area contributed by atoms with Crippen molar-refractivity contribution in [1.82, 2.24) is 10.2 Å². The van der Waals surface area contributed by atoms with Crippen molar-refractivity contribution >= 4 is 0 Å². The van der Waals surface area contributed by atoms with E-state index in [1.165, 1.54) is 31.4 Å². The zero-order valence-electron chi connectivity index (χ0n) is 12.2. The van der Waals surface area contributed by atoms with E-state index in [9.17, 15) is 0 Å². The molecule has 1 N–H and O–H groups in total. The Balaban J connectivity index is 2.06. The van der Waals surface area contributed by atoms with E-state index in [2.05, 4.69) is 35.3 Å². The molecule has 1 heterocycles. The molecule has 1 aromatic rings. The number of hydrogen-bond acceptors (Lipinski definition) is 3. The van der Waals surface area contributed by atoms with Crippen LogP contribution in [0.3, 0.4) is 0 Å². The number of nitrogens with one attached hydrogen (secondary N) is 1. The fraction of sp³-hybridized carbons (Fsp3) is 0.625. The average molecular weight is 262 g/mol. The summed E-state index contributed by atoms with van der Waals surface area (Å²) in [6.45, 7) is 6.73. The molecule has 0 amide bonds. The molecule has 0 aromatic heterocycles. The Morgan fingerprint density at radius 3 is 2.68 bits per heavy atom. The SMILES string of the molecule is CCCN(Cc1ccccc1OC)C1CCNCC1. The Labute approximate surface area is 116 Å². The Morgan fingerprint density at radius 1 is 1.26 bits per heavy atom. The summed E-state index contributed by atoms with van der Waals surface area (Å²) in [5, 5.41) is 3.45. The van der Waals surface area contributed by atoms with Crippen molar-refractivity contribution in [1.29, 1.82) is 0 Å². The van der Waals surface area contributed by atoms with E-state index in [1.807, 2.05) is 6.07 Å². The van der Waals surface area contributed by atoms with Gasteiger partial charge in [0.15, 0.2) is 0 Å². The van der Waals surface area contributed by atoms with Gasteiger partial charge in [0.05, 0.1) is 7.11 Å². The molecule has 19 heavy (non-hydrogen) atoms. The summed E-state index contributed by atoms with van der Waals surface area (Å²) in [6, 6.07) is 9.09. The molecule has 3 heteroatoms. The summed E-state index contributed by atoms with van der Waals surface area (Å²) in [5.74, 6) is 1.01. The Kier molecular flexibility index (Phi) is 5.67. The summed E-state index contributed by atoms with van der Waals surface area (Å²) in [4.78, 5) is 2.62. The third kappa shape index (κ3) is 3.95. The second-order valence-corrected chi connectivity index (χ2v) is 5.26. The van der Waals surface area contributed by atoms with E-state index in [-0.39, 0.29) is 0 Å². The molecule has 2 rings (SSSR count). The molecule has 106 valence electrons. The lowest BCUT2D eigenvalue weighted by atomic mass is 10.0. The van der Waals surface area contributed by atoms with Crippen LogP contribution in [-0.4, -0.2) is 37.7 Å². The molecule has 0 saturated carbocycles. The van der Waals surface area contributed by atoms with Crippen LogP contribution in [0.25, 0.3) is 0 Å². The van der Waals surface area contributed by atoms with Crippen LogP contribution in [0, 0.1) is 0 Å². The zero-order valence-corrected chi connectivity index (χ0v) is 12.2. The van der Waals surface area contributed by atoms with Gasteiger partial charge in [-0.3, -0.25) is 4.90 Å². The highest BCUT2D eigenvalue weighted by molar-refractivity contribution is 5.33. The fourth-order valence-electron chi connectivity index (χ4n) is 2.90. The normalized spacial score (nSPS) is 16.8. The molecule has 0 bridgehead atoms. The number of benzene rings is 1. The van der Waals surface area contributed by atoms with Crippen molar-refractivity contribution in [2.75, 3.05) is 26.7 Å². The number of nitrogens with zero attached hydrogens (tertiary/aromatic N) is 1. The van der Waals surface area contributed by atoms with Crippen molar-refractivity contribution in [2.45, 2.75) is 38.8 Å². The van der Waals surface area contributed by atoms with E-state index in [1.54, 1.807) is 7.11 Å². The van der Waals surface area contributed by atoms with Crippen LogP contribution in [0.15, 0.2) is 24.3 Å². The van der Waals surface area contributed by atoms with Crippen LogP contribution in [0.1, 0.15) is 31.7 Å². The number of hydrogen-bond donors (Lipinski definition) is 1. The Bertz CT molecular complexity index is 375. The van der Waals surface area contributed by atoms with Crippen molar-refractivity contribution in [3.05, 3.63) is 29.8 Å². The van der Waals surface area contributed by atoms with Gasteiger partial charge in [0.2, 0.25) is 0 Å². The minimum absolute atomic E-state index is 0.714. The molecule has 0 atom stereocenters. The third-order valence-corrected chi connectivity index (χ3v) is 3.90. The average Bonchev–Trinajstić information content (AvgIpc) is 2.48. The lowest BCUT2D eigenvalue weighted by Gasteiger charge is -2.34. The Morgan fingerprint density at radius 2 is 2.00 bits per heavy atom. The Hall–Kier alpha value is -1.06. The van der Waals surface area contributed by atoms with Crippen molar-refractivity contribution < 1.29 is 4.74 Å². The van der Waals surface area contributed by atoms with Gasteiger partial charge in [-0.2, -0.15) is 0 Å². The molecule has 0 aliphatic carbocycles. The fourth-order valence-corrected chi connectivity index (χ4v) is 2.90. The largest absolute Gasteiger partial charge is 0.496 e. The second-order valence-electron chi connectivity index (χ2n) is 5.26. The smallest absolute Gasteiger partial charge is 0.123 e. The summed E-state index contributed by atoms with van der Waals surface area (Å²) in [5.41, 5.74) is 1.30. The van der Waals surface area contributed by atoms with Crippen molar-refractivity contribution in [2.24, 2.45) is 0 Å². The highest BCUT2D eigenvalue weighted by Crippen LogP contribution is 2.22. The van der Waals surface area contributed by atoms with Crippen LogP contribution < -0.4 is 10.1 Å². The highest BCUT2D eigenvalue weighted by Gasteiger charge is 2.21. The third-order valence-electron chi connectivity index (χ3n) is 3.90. The first-order chi connectivity index (χ1) is 9.35. The van der Waals surface area contributed by atoms with Gasteiger partial charge in [0, 0.05) is 18.2 Å². The maximum Gasteiger partial charge on any atom is 0.123 e. The standard InChI is InChI=1S/C16H26N2O/c1-3-12-18(15-8-10-17-11-9-15)13-14-6-4-5-7-16(14)19-2/h4-7,15,17H,3,8-13H2,1-2H3. The molecule has 1 aliphatic heterocycles. The molecule has 1 aromatic carbocycles. The molecule has 1 fully saturated rings. The molecule has 3 nitrogen and oxygen atoms in total. The van der Waals surface area contributed by atoms with Gasteiger partial charge in [-0.15, -0.1) is 0 Å². The second kappa shape index (κ2) is 7.51. The number of methoxy groups -OCH3 is 1. The lowest BCUT2D eigenvalue weighted by Crippen LogP contribution is -2.43. The summed E-state index contributed by atoms with van der Waals surface area (Å²) >= 11 is 0. The predicted molar refractivity (Wildman–Crippen MR) is 79.6 cm³/mol. The number of ether oxygens (including phenoxy) is 1. The summed E-state index contributed by atoms with van der Waals surface area (Å²) < 4.78 is 5.47. The lowest BCUT2D eigenvalue weighted by molar-refractivity contribution is 0.152. The predicted octanol–water partition coefficient (Wildman–Crippen LogP) is 2.66. The van der Waals surface area contributed by atoms with E-state index in [0.717, 1.165) is 25.4 Å². The molecule has 1 aliphatic rings. The summed E-state index contributed by atoms with van der Waals surface area (Å²) in [6.07, 6.45) is 3.73. The van der Waals surface area contributed by atoms with Gasteiger partial charge in [-0.05, 0) is 45.0 Å². The van der Waals surface area contributed by atoms with Crippen LogP contribution in [0.4, 0.5) is 0 Å². The van der Waals surface area contributed by atoms with Crippen molar-refractivity contribution in [3.8, 4) is 5.75 Å². The number of piperidine rings is 1. The minimum atomic E-state index is 0.714. The molecular weight excluding hydrogens is 236 g/mol. The van der Waals surface area contributed by atoms with Gasteiger partial charge >= 0.3 is 0 Å². The van der Waals surface area contributed by atoms with E-state index in [4.69, 9.17) is 4.74 Å². The van der Waals surface area contributed by atoms with Gasteiger partial charge in [0.1, 0.15) is 5.75 Å². The van der Waals surface area contributed by atoms with Crippen LogP contribution in [0.2, 0.25) is 0 Å². The van der Waals surface area contributed by atoms with Gasteiger partial charge in [0.25, 0.3) is 0 Å². The number of para-hydroxylation sites is 1. The molecule has 0 radical (unpaired) electrons. The zero-order chi connectivity index (χ0) is 13.5. The first-order valence-corrected chi connectivity index (χ1v) is 7.41. The molecule has 1 saturated heterocycles. The molecule has 0 spiro atoms. The van der Waals surface area contributed by atoms with Crippen LogP contribution in [0.5, 0.6) is 5.75 Å². The minimum Gasteiger partial charge on any atom is -0.496 e. The van der Waals surface area contributed by atoms with E-state index < -0.39 is 0 Å². The van der Waals surface area contributed by atoms with Gasteiger partial charge in [-0.1, -0.05) is 25.1 Å². The van der Waals surface area contributed by atoms with Gasteiger partial charge < -0.3 is 10.1 Å². The number of rotatable bonds is 6. The van der Waals surface area contributed by atoms with Crippen LogP contribution >= 0.6 is 0 Å². The quantitative estimate of drug-likeness (QED) is 0.853. The summed E-state index contributed by atoms with van der Waals surface area (Å²) in [7, 11) is 1.76. The van der Waals surface area contributed by atoms with Crippen molar-refractivity contribution in [3.63, 3.8) is 0 Å². The molecular formula is C16H26N2O. The van der Waals surface area contributed by atoms with Gasteiger partial charge in [-0.25, -0.2) is 0 Å². The first-order valence-electron chi connectivity index (χ1n) is 7.41. The monoisotopic (exact) mass is 262 g/mol. The molecule has 0 unspecified atom stereocenters. The van der Waals surface area contributed by atoms with E-state index in [0.29, 0.717) is 6.04 Å². The topological polar surface area (TPSA) is 24.5 Å². The maximum atomic E-state index is 5.47. The maximum absolute atomic E-state index is 5.47. The highest BCUT2D eigenvalue weighted by atomic mass is 16.5. The first kappa shape index (κ1) is 14.4. The van der Waals surface area contributed by atoms with Crippen LogP contribution in [-0.2, 0) is 6.54 Å².